The lowest BCUT2D eigenvalue weighted by molar-refractivity contribution is -0.137. The zero-order valence-electron chi connectivity index (χ0n) is 9.37. The van der Waals surface area contributed by atoms with Crippen LogP contribution in [0.25, 0.3) is 0 Å². The third kappa shape index (κ3) is 3.19. The molecule has 5 heteroatoms. The number of nitrogens with one attached hydrogen (secondary N) is 1. The molecule has 1 aliphatic carbocycles. The fourth-order valence-electron chi connectivity index (χ4n) is 1.60. The zero-order valence-corrected chi connectivity index (χ0v) is 9.37. The van der Waals surface area contributed by atoms with E-state index in [4.69, 9.17) is 0 Å². The third-order valence-electron chi connectivity index (χ3n) is 3.00. The van der Waals surface area contributed by atoms with Crippen molar-refractivity contribution in [3.05, 3.63) is 35.1 Å². The van der Waals surface area contributed by atoms with Crippen molar-refractivity contribution in [2.24, 2.45) is 0 Å². The zero-order chi connectivity index (χ0) is 12.7. The lowest BCUT2D eigenvalue weighted by Gasteiger charge is -2.13. The molecule has 1 fully saturated rings. The van der Waals surface area contributed by atoms with Gasteiger partial charge in [-0.1, -0.05) is 0 Å². The maximum atomic E-state index is 13.1. The summed E-state index contributed by atoms with van der Waals surface area (Å²) in [5, 5.41) is 3.12. The lowest BCUT2D eigenvalue weighted by Crippen LogP contribution is -2.27. The Balaban J connectivity index is 2.14. The summed E-state index contributed by atoms with van der Waals surface area (Å²) in [6.07, 6.45) is -2.48. The van der Waals surface area contributed by atoms with Crippen LogP contribution in [0.5, 0.6) is 0 Å². The first kappa shape index (κ1) is 12.4. The molecule has 0 saturated heterocycles. The monoisotopic (exact) mass is 247 g/mol. The Morgan fingerprint density at radius 1 is 1.24 bits per heavy atom. The Morgan fingerprint density at radius 3 is 2.41 bits per heavy atom. The van der Waals surface area contributed by atoms with Gasteiger partial charge in [-0.3, -0.25) is 0 Å². The Labute approximate surface area is 96.8 Å². The fraction of sp³-hybridized carbons (Fsp3) is 0.500. The lowest BCUT2D eigenvalue weighted by atomic mass is 10.1. The first-order chi connectivity index (χ1) is 7.78. The molecule has 1 nitrogen and oxygen atoms in total. The summed E-state index contributed by atoms with van der Waals surface area (Å²) < 4.78 is 50.4. The van der Waals surface area contributed by atoms with E-state index in [1.54, 1.807) is 0 Å². The largest absolute Gasteiger partial charge is 0.416 e. The van der Waals surface area contributed by atoms with Crippen molar-refractivity contribution in [2.75, 3.05) is 0 Å². The molecule has 0 atom stereocenters. The summed E-state index contributed by atoms with van der Waals surface area (Å²) in [7, 11) is 0. The van der Waals surface area contributed by atoms with Crippen LogP contribution in [0, 0.1) is 5.82 Å². The van der Waals surface area contributed by atoms with E-state index >= 15 is 0 Å². The first-order valence-corrected chi connectivity index (χ1v) is 5.40. The summed E-state index contributed by atoms with van der Waals surface area (Å²) in [5.41, 5.74) is -0.592. The van der Waals surface area contributed by atoms with Gasteiger partial charge in [0.15, 0.2) is 0 Å². The summed E-state index contributed by atoms with van der Waals surface area (Å²) in [4.78, 5) is 0. The second-order valence-electron chi connectivity index (χ2n) is 4.76. The Hall–Kier alpha value is -1.10. The van der Waals surface area contributed by atoms with Crippen LogP contribution in [0.3, 0.4) is 0 Å². The second-order valence-corrected chi connectivity index (χ2v) is 4.76. The molecular formula is C12H13F4N. The molecule has 0 spiro atoms. The van der Waals surface area contributed by atoms with E-state index in [1.165, 1.54) is 0 Å². The number of hydrogen-bond acceptors (Lipinski definition) is 1. The molecule has 1 aliphatic rings. The van der Waals surface area contributed by atoms with E-state index in [-0.39, 0.29) is 12.1 Å². The van der Waals surface area contributed by atoms with Gasteiger partial charge in [-0.15, -0.1) is 0 Å². The summed E-state index contributed by atoms with van der Waals surface area (Å²) in [5.74, 6) is -0.849. The van der Waals surface area contributed by atoms with Crippen molar-refractivity contribution < 1.29 is 17.6 Å². The van der Waals surface area contributed by atoms with Crippen LogP contribution in [0.15, 0.2) is 18.2 Å². The molecule has 1 aromatic carbocycles. The van der Waals surface area contributed by atoms with Crippen molar-refractivity contribution >= 4 is 0 Å². The van der Waals surface area contributed by atoms with Crippen molar-refractivity contribution in [2.45, 2.75) is 38.0 Å². The van der Waals surface area contributed by atoms with Crippen LogP contribution < -0.4 is 5.32 Å². The van der Waals surface area contributed by atoms with Crippen LogP contribution >= 0.6 is 0 Å². The summed E-state index contributed by atoms with van der Waals surface area (Å²) in [6.45, 7) is 2.26. The highest BCUT2D eigenvalue weighted by Crippen LogP contribution is 2.35. The van der Waals surface area contributed by atoms with E-state index in [0.717, 1.165) is 25.0 Å². The van der Waals surface area contributed by atoms with E-state index < -0.39 is 17.6 Å². The van der Waals surface area contributed by atoms with Gasteiger partial charge in [-0.25, -0.2) is 4.39 Å². The average Bonchev–Trinajstić information content (AvgIpc) is 2.92. The number of hydrogen-bond donors (Lipinski definition) is 1. The predicted molar refractivity (Wildman–Crippen MR) is 55.9 cm³/mol. The average molecular weight is 247 g/mol. The maximum Gasteiger partial charge on any atom is 0.416 e. The smallest absolute Gasteiger partial charge is 0.307 e. The Morgan fingerprint density at radius 2 is 1.88 bits per heavy atom. The molecule has 0 heterocycles. The molecule has 0 unspecified atom stereocenters. The van der Waals surface area contributed by atoms with Crippen LogP contribution in [0.1, 0.15) is 30.9 Å². The van der Waals surface area contributed by atoms with Crippen molar-refractivity contribution in [3.63, 3.8) is 0 Å². The van der Waals surface area contributed by atoms with E-state index in [2.05, 4.69) is 5.32 Å². The molecule has 17 heavy (non-hydrogen) atoms. The third-order valence-corrected chi connectivity index (χ3v) is 3.00. The van der Waals surface area contributed by atoms with Gasteiger partial charge in [-0.2, -0.15) is 13.2 Å². The minimum absolute atomic E-state index is 0.0186. The normalized spacial score (nSPS) is 18.2. The molecule has 0 bridgehead atoms. The number of benzene rings is 1. The van der Waals surface area contributed by atoms with Gasteiger partial charge in [0.05, 0.1) is 5.56 Å². The van der Waals surface area contributed by atoms with Gasteiger partial charge >= 0.3 is 6.18 Å². The summed E-state index contributed by atoms with van der Waals surface area (Å²) in [6, 6.07) is 2.64. The van der Waals surface area contributed by atoms with Gasteiger partial charge in [0, 0.05) is 12.1 Å². The molecule has 0 aromatic heterocycles. The van der Waals surface area contributed by atoms with Crippen LogP contribution in [-0.2, 0) is 12.7 Å². The quantitative estimate of drug-likeness (QED) is 0.806. The van der Waals surface area contributed by atoms with Gasteiger partial charge in [0.1, 0.15) is 5.82 Å². The molecule has 94 valence electrons. The molecule has 1 aromatic rings. The van der Waals surface area contributed by atoms with E-state index in [9.17, 15) is 17.6 Å². The minimum Gasteiger partial charge on any atom is -0.307 e. The Kier molecular flexibility index (Phi) is 2.89. The highest BCUT2D eigenvalue weighted by molar-refractivity contribution is 5.27. The van der Waals surface area contributed by atoms with E-state index in [1.807, 2.05) is 6.92 Å². The number of halogens is 4. The van der Waals surface area contributed by atoms with E-state index in [0.29, 0.717) is 11.6 Å². The van der Waals surface area contributed by atoms with Crippen LogP contribution in [0.2, 0.25) is 0 Å². The maximum absolute atomic E-state index is 13.1. The van der Waals surface area contributed by atoms with Crippen LogP contribution in [-0.4, -0.2) is 5.54 Å². The molecule has 1 N–H and O–H groups in total. The molecule has 0 radical (unpaired) electrons. The minimum atomic E-state index is -4.50. The molecule has 0 aliphatic heterocycles. The Bertz CT molecular complexity index is 421. The van der Waals surface area contributed by atoms with Crippen molar-refractivity contribution in [1.29, 1.82) is 0 Å². The highest BCUT2D eigenvalue weighted by Gasteiger charge is 2.36. The number of rotatable bonds is 3. The fourth-order valence-corrected chi connectivity index (χ4v) is 1.60. The molecule has 1 saturated carbocycles. The standard InChI is InChI=1S/C12H13F4N/c1-11(2-3-11)17-7-8-4-9(12(14,15)16)6-10(13)5-8/h4-6,17H,2-3,7H2,1H3. The molecule has 2 rings (SSSR count). The van der Waals surface area contributed by atoms with Crippen LogP contribution in [0.4, 0.5) is 17.6 Å². The second kappa shape index (κ2) is 3.98. The highest BCUT2D eigenvalue weighted by atomic mass is 19.4. The summed E-state index contributed by atoms with van der Waals surface area (Å²) >= 11 is 0. The van der Waals surface area contributed by atoms with Gasteiger partial charge in [0.2, 0.25) is 0 Å². The van der Waals surface area contributed by atoms with Crippen molar-refractivity contribution in [3.8, 4) is 0 Å². The van der Waals surface area contributed by atoms with Gasteiger partial charge in [0.25, 0.3) is 0 Å². The number of alkyl halides is 3. The van der Waals surface area contributed by atoms with Gasteiger partial charge < -0.3 is 5.32 Å². The SMILES string of the molecule is CC1(NCc2cc(F)cc(C(F)(F)F)c2)CC1. The topological polar surface area (TPSA) is 12.0 Å². The molecular weight excluding hydrogens is 234 g/mol. The van der Waals surface area contributed by atoms with Gasteiger partial charge in [-0.05, 0) is 43.5 Å². The molecule has 0 amide bonds. The predicted octanol–water partition coefficient (Wildman–Crippen LogP) is 3.49. The first-order valence-electron chi connectivity index (χ1n) is 5.40. The van der Waals surface area contributed by atoms with Crippen molar-refractivity contribution in [1.82, 2.24) is 5.32 Å².